The van der Waals surface area contributed by atoms with Crippen LogP contribution in [-0.2, 0) is 10.2 Å². The number of hydrogen-bond acceptors (Lipinski definition) is 2. The number of anilines is 1. The highest BCUT2D eigenvalue weighted by Crippen LogP contribution is 2.52. The summed E-state index contributed by atoms with van der Waals surface area (Å²) in [6, 6.07) is 11.6. The van der Waals surface area contributed by atoms with E-state index < -0.39 is 5.41 Å². The van der Waals surface area contributed by atoms with Crippen LogP contribution in [0.15, 0.2) is 36.4 Å². The Kier molecular flexibility index (Phi) is 4.26. The maximum atomic E-state index is 13.5. The molecule has 2 aliphatic rings. The van der Waals surface area contributed by atoms with Crippen LogP contribution in [0.5, 0.6) is 5.75 Å². The molecule has 1 aliphatic carbocycles. The van der Waals surface area contributed by atoms with E-state index in [0.717, 1.165) is 35.2 Å². The van der Waals surface area contributed by atoms with Crippen LogP contribution < -0.4 is 5.32 Å². The summed E-state index contributed by atoms with van der Waals surface area (Å²) < 4.78 is 0. The van der Waals surface area contributed by atoms with Gasteiger partial charge in [-0.05, 0) is 67.0 Å². The van der Waals surface area contributed by atoms with Gasteiger partial charge in [0.2, 0.25) is 5.91 Å². The molecule has 1 amide bonds. The maximum Gasteiger partial charge on any atom is 0.239 e. The van der Waals surface area contributed by atoms with Crippen LogP contribution in [0, 0.1) is 19.8 Å². The second-order valence-electron chi connectivity index (χ2n) is 7.93. The summed E-state index contributed by atoms with van der Waals surface area (Å²) in [5, 5.41) is 13.0. The highest BCUT2D eigenvalue weighted by Gasteiger charge is 2.53. The number of aromatic hydroxyl groups is 1. The summed E-state index contributed by atoms with van der Waals surface area (Å²) in [6.07, 6.45) is 7.00. The SMILES string of the molecule is Cc1ccc2c(c1C)NC(=O)C2(c1ccc(O)cc1)C1CCCCCC1. The highest BCUT2D eigenvalue weighted by atomic mass is 16.3. The first kappa shape index (κ1) is 17.1. The Balaban J connectivity index is 1.97. The largest absolute Gasteiger partial charge is 0.508 e. The normalized spacial score (nSPS) is 23.4. The molecule has 136 valence electrons. The summed E-state index contributed by atoms with van der Waals surface area (Å²) in [7, 11) is 0. The van der Waals surface area contributed by atoms with Gasteiger partial charge in [-0.15, -0.1) is 0 Å². The van der Waals surface area contributed by atoms with Crippen molar-refractivity contribution in [1.82, 2.24) is 0 Å². The van der Waals surface area contributed by atoms with Crippen molar-refractivity contribution in [2.24, 2.45) is 5.92 Å². The molecule has 0 spiro atoms. The lowest BCUT2D eigenvalue weighted by molar-refractivity contribution is -0.121. The third kappa shape index (κ3) is 2.45. The minimum absolute atomic E-state index is 0.0961. The molecule has 1 saturated carbocycles. The smallest absolute Gasteiger partial charge is 0.239 e. The Morgan fingerprint density at radius 2 is 1.62 bits per heavy atom. The Labute approximate surface area is 155 Å². The van der Waals surface area contributed by atoms with Crippen molar-refractivity contribution in [2.45, 2.75) is 57.8 Å². The van der Waals surface area contributed by atoms with Gasteiger partial charge in [0.25, 0.3) is 0 Å². The zero-order valence-corrected chi connectivity index (χ0v) is 15.6. The zero-order valence-electron chi connectivity index (χ0n) is 15.6. The molecule has 1 heterocycles. The van der Waals surface area contributed by atoms with Gasteiger partial charge in [0.05, 0.1) is 0 Å². The monoisotopic (exact) mass is 349 g/mol. The average molecular weight is 349 g/mol. The lowest BCUT2D eigenvalue weighted by atomic mass is 9.63. The van der Waals surface area contributed by atoms with E-state index in [9.17, 15) is 9.90 Å². The van der Waals surface area contributed by atoms with Crippen LogP contribution in [0.4, 0.5) is 5.69 Å². The van der Waals surface area contributed by atoms with Crippen molar-refractivity contribution in [2.75, 3.05) is 5.32 Å². The van der Waals surface area contributed by atoms with Gasteiger partial charge in [0.15, 0.2) is 0 Å². The topological polar surface area (TPSA) is 49.3 Å². The van der Waals surface area contributed by atoms with Crippen LogP contribution >= 0.6 is 0 Å². The number of fused-ring (bicyclic) bond motifs is 1. The molecule has 0 aromatic heterocycles. The molecule has 1 fully saturated rings. The fourth-order valence-corrected chi connectivity index (χ4v) is 5.00. The molecular weight excluding hydrogens is 322 g/mol. The molecule has 0 bridgehead atoms. The van der Waals surface area contributed by atoms with Crippen molar-refractivity contribution < 1.29 is 9.90 Å². The molecule has 26 heavy (non-hydrogen) atoms. The average Bonchev–Trinajstić information content (AvgIpc) is 2.80. The van der Waals surface area contributed by atoms with Crippen molar-refractivity contribution in [1.29, 1.82) is 0 Å². The number of benzene rings is 2. The second kappa shape index (κ2) is 6.46. The Hall–Kier alpha value is -2.29. The van der Waals surface area contributed by atoms with Gasteiger partial charge in [-0.3, -0.25) is 4.79 Å². The van der Waals surface area contributed by atoms with Gasteiger partial charge in [-0.25, -0.2) is 0 Å². The van der Waals surface area contributed by atoms with E-state index in [1.165, 1.54) is 31.2 Å². The number of hydrogen-bond donors (Lipinski definition) is 2. The molecule has 1 aliphatic heterocycles. The lowest BCUT2D eigenvalue weighted by Crippen LogP contribution is -2.43. The standard InChI is InChI=1S/C23H27NO2/c1-15-9-14-20-21(16(15)2)24-22(26)23(20,17-7-5-3-4-6-8-17)18-10-12-19(25)13-11-18/h9-14,17,25H,3-8H2,1-2H3,(H,24,26). The fraction of sp³-hybridized carbons (Fsp3) is 0.435. The van der Waals surface area contributed by atoms with Crippen molar-refractivity contribution >= 4 is 11.6 Å². The quantitative estimate of drug-likeness (QED) is 0.731. The molecule has 1 unspecified atom stereocenters. The third-order valence-corrected chi connectivity index (χ3v) is 6.55. The number of phenols is 1. The number of carbonyl (C=O) groups excluding carboxylic acids is 1. The van der Waals surface area contributed by atoms with Gasteiger partial charge in [-0.2, -0.15) is 0 Å². The minimum atomic E-state index is -0.647. The fourth-order valence-electron chi connectivity index (χ4n) is 5.00. The number of rotatable bonds is 2. The number of nitrogens with one attached hydrogen (secondary N) is 1. The van der Waals surface area contributed by atoms with Gasteiger partial charge >= 0.3 is 0 Å². The molecule has 4 rings (SSSR count). The molecule has 2 aromatic rings. The second-order valence-corrected chi connectivity index (χ2v) is 7.93. The molecule has 2 aromatic carbocycles. The first-order chi connectivity index (χ1) is 12.5. The summed E-state index contributed by atoms with van der Waals surface area (Å²) in [6.45, 7) is 4.18. The van der Waals surface area contributed by atoms with Gasteiger partial charge in [0, 0.05) is 5.69 Å². The summed E-state index contributed by atoms with van der Waals surface area (Å²) >= 11 is 0. The maximum absolute atomic E-state index is 13.5. The van der Waals surface area contributed by atoms with E-state index in [1.807, 2.05) is 12.1 Å². The summed E-state index contributed by atoms with van der Waals surface area (Å²) in [5.74, 6) is 0.625. The molecule has 1 atom stereocenters. The number of carbonyl (C=O) groups is 1. The Bertz CT molecular complexity index is 832. The summed E-state index contributed by atoms with van der Waals surface area (Å²) in [5.41, 5.74) is 4.82. The van der Waals surface area contributed by atoms with Crippen LogP contribution in [0.25, 0.3) is 0 Å². The van der Waals surface area contributed by atoms with E-state index >= 15 is 0 Å². The molecule has 3 nitrogen and oxygen atoms in total. The number of phenolic OH excluding ortho intramolecular Hbond substituents is 1. The minimum Gasteiger partial charge on any atom is -0.508 e. The van der Waals surface area contributed by atoms with E-state index in [1.54, 1.807) is 12.1 Å². The highest BCUT2D eigenvalue weighted by molar-refractivity contribution is 6.09. The molecule has 0 saturated heterocycles. The van der Waals surface area contributed by atoms with Gasteiger partial charge < -0.3 is 10.4 Å². The Morgan fingerprint density at radius 3 is 2.27 bits per heavy atom. The third-order valence-electron chi connectivity index (χ3n) is 6.55. The van der Waals surface area contributed by atoms with Crippen molar-refractivity contribution in [3.63, 3.8) is 0 Å². The van der Waals surface area contributed by atoms with Crippen LogP contribution in [-0.4, -0.2) is 11.0 Å². The molecule has 0 radical (unpaired) electrons. The number of amides is 1. The number of aryl methyl sites for hydroxylation is 1. The van der Waals surface area contributed by atoms with E-state index in [0.29, 0.717) is 0 Å². The predicted octanol–water partition coefficient (Wildman–Crippen LogP) is 5.22. The first-order valence-electron chi connectivity index (χ1n) is 9.76. The van der Waals surface area contributed by atoms with Crippen LogP contribution in [0.2, 0.25) is 0 Å². The molecule has 2 N–H and O–H groups in total. The summed E-state index contributed by atoms with van der Waals surface area (Å²) in [4.78, 5) is 13.5. The molecular formula is C23H27NO2. The Morgan fingerprint density at radius 1 is 0.962 bits per heavy atom. The van der Waals surface area contributed by atoms with Crippen LogP contribution in [0.3, 0.4) is 0 Å². The van der Waals surface area contributed by atoms with Crippen molar-refractivity contribution in [3.05, 3.63) is 58.7 Å². The van der Waals surface area contributed by atoms with Crippen LogP contribution in [0.1, 0.15) is 60.8 Å². The zero-order chi connectivity index (χ0) is 18.3. The lowest BCUT2D eigenvalue weighted by Gasteiger charge is -2.36. The predicted molar refractivity (Wildman–Crippen MR) is 105 cm³/mol. The first-order valence-corrected chi connectivity index (χ1v) is 9.76. The van der Waals surface area contributed by atoms with E-state index in [2.05, 4.69) is 31.3 Å². The van der Waals surface area contributed by atoms with E-state index in [-0.39, 0.29) is 17.6 Å². The van der Waals surface area contributed by atoms with Crippen molar-refractivity contribution in [3.8, 4) is 5.75 Å². The molecule has 3 heteroatoms. The van der Waals surface area contributed by atoms with Gasteiger partial charge in [-0.1, -0.05) is 49.9 Å². The van der Waals surface area contributed by atoms with E-state index in [4.69, 9.17) is 0 Å². The van der Waals surface area contributed by atoms with Gasteiger partial charge in [0.1, 0.15) is 11.2 Å².